The van der Waals surface area contributed by atoms with Gasteiger partial charge in [-0.1, -0.05) is 13.3 Å². The lowest BCUT2D eigenvalue weighted by Gasteiger charge is -2.35. The smallest absolute Gasteiger partial charge is 0.303 e. The van der Waals surface area contributed by atoms with Crippen LogP contribution in [-0.4, -0.2) is 61.2 Å². The molecule has 0 saturated carbocycles. The number of piperazine rings is 1. The Bertz CT molecular complexity index is 552. The van der Waals surface area contributed by atoms with E-state index in [0.29, 0.717) is 18.5 Å². The fraction of sp³-hybridized carbons (Fsp3) is 0.579. The molecule has 138 valence electrons. The van der Waals surface area contributed by atoms with E-state index < -0.39 is 5.97 Å². The van der Waals surface area contributed by atoms with E-state index in [1.165, 1.54) is 5.69 Å². The SMILES string of the molecule is CCN1CCN(c2ccc(C(=O)NCCCCCC(=O)O)cc2)CC1. The van der Waals surface area contributed by atoms with Crippen LogP contribution >= 0.6 is 0 Å². The minimum Gasteiger partial charge on any atom is -0.481 e. The van der Waals surface area contributed by atoms with E-state index in [0.717, 1.165) is 45.6 Å². The number of nitrogens with zero attached hydrogens (tertiary/aromatic N) is 2. The molecule has 1 amide bonds. The molecule has 2 N–H and O–H groups in total. The number of rotatable bonds is 9. The molecule has 1 aliphatic rings. The largest absolute Gasteiger partial charge is 0.481 e. The number of amides is 1. The van der Waals surface area contributed by atoms with E-state index in [2.05, 4.69) is 22.0 Å². The van der Waals surface area contributed by atoms with Gasteiger partial charge in [0.2, 0.25) is 0 Å². The van der Waals surface area contributed by atoms with Crippen LogP contribution in [0.2, 0.25) is 0 Å². The van der Waals surface area contributed by atoms with E-state index in [9.17, 15) is 9.59 Å². The highest BCUT2D eigenvalue weighted by Gasteiger charge is 2.16. The first-order valence-electron chi connectivity index (χ1n) is 9.17. The van der Waals surface area contributed by atoms with Crippen molar-refractivity contribution in [3.05, 3.63) is 29.8 Å². The first kappa shape index (κ1) is 19.2. The zero-order valence-corrected chi connectivity index (χ0v) is 15.0. The number of anilines is 1. The van der Waals surface area contributed by atoms with E-state index >= 15 is 0 Å². The third-order valence-corrected chi connectivity index (χ3v) is 4.67. The molecule has 0 spiro atoms. The fourth-order valence-corrected chi connectivity index (χ4v) is 3.03. The number of carbonyl (C=O) groups is 2. The van der Waals surface area contributed by atoms with Crippen LogP contribution in [0.5, 0.6) is 0 Å². The molecule has 6 nitrogen and oxygen atoms in total. The first-order chi connectivity index (χ1) is 12.1. The Hall–Kier alpha value is -2.08. The predicted octanol–water partition coefficient (Wildman–Crippen LogP) is 2.20. The second-order valence-corrected chi connectivity index (χ2v) is 6.43. The number of carbonyl (C=O) groups excluding carboxylic acids is 1. The summed E-state index contributed by atoms with van der Waals surface area (Å²) < 4.78 is 0. The van der Waals surface area contributed by atoms with E-state index in [4.69, 9.17) is 5.11 Å². The van der Waals surface area contributed by atoms with Crippen LogP contribution in [-0.2, 0) is 4.79 Å². The normalized spacial score (nSPS) is 15.2. The van der Waals surface area contributed by atoms with Crippen LogP contribution in [0.3, 0.4) is 0 Å². The monoisotopic (exact) mass is 347 g/mol. The topological polar surface area (TPSA) is 72.9 Å². The average Bonchev–Trinajstić information content (AvgIpc) is 2.64. The number of carboxylic acids is 1. The summed E-state index contributed by atoms with van der Waals surface area (Å²) in [6.07, 6.45) is 2.47. The number of aliphatic carboxylic acids is 1. The Labute approximate surface area is 149 Å². The van der Waals surface area contributed by atoms with Gasteiger partial charge < -0.3 is 20.2 Å². The van der Waals surface area contributed by atoms with Gasteiger partial charge in [-0.25, -0.2) is 0 Å². The average molecular weight is 347 g/mol. The molecule has 0 aromatic heterocycles. The molecule has 1 heterocycles. The highest BCUT2D eigenvalue weighted by molar-refractivity contribution is 5.94. The number of carboxylic acid groups (broad SMARTS) is 1. The fourth-order valence-electron chi connectivity index (χ4n) is 3.03. The number of unbranched alkanes of at least 4 members (excludes halogenated alkanes) is 2. The van der Waals surface area contributed by atoms with E-state index in [1.807, 2.05) is 24.3 Å². The minimum absolute atomic E-state index is 0.0689. The van der Waals surface area contributed by atoms with Crippen molar-refractivity contribution in [1.29, 1.82) is 0 Å². The highest BCUT2D eigenvalue weighted by atomic mass is 16.4. The number of hydrogen-bond acceptors (Lipinski definition) is 4. The van der Waals surface area contributed by atoms with Crippen molar-refractivity contribution in [3.8, 4) is 0 Å². The summed E-state index contributed by atoms with van der Waals surface area (Å²) in [6.45, 7) is 8.09. The van der Waals surface area contributed by atoms with Gasteiger partial charge in [0.15, 0.2) is 0 Å². The molecular weight excluding hydrogens is 318 g/mol. The zero-order chi connectivity index (χ0) is 18.1. The molecular formula is C19H29N3O3. The van der Waals surface area contributed by atoms with Crippen molar-refractivity contribution < 1.29 is 14.7 Å². The Balaban J connectivity index is 1.72. The zero-order valence-electron chi connectivity index (χ0n) is 15.0. The first-order valence-corrected chi connectivity index (χ1v) is 9.17. The molecule has 1 saturated heterocycles. The van der Waals surface area contributed by atoms with E-state index in [-0.39, 0.29) is 12.3 Å². The number of benzene rings is 1. The summed E-state index contributed by atoms with van der Waals surface area (Å²) in [7, 11) is 0. The summed E-state index contributed by atoms with van der Waals surface area (Å²) in [5, 5.41) is 11.5. The van der Waals surface area contributed by atoms with Crippen molar-refractivity contribution in [3.63, 3.8) is 0 Å². The summed E-state index contributed by atoms with van der Waals surface area (Å²) in [4.78, 5) is 27.3. The second-order valence-electron chi connectivity index (χ2n) is 6.43. The molecule has 0 unspecified atom stereocenters. The number of likely N-dealkylation sites (N-methyl/N-ethyl adjacent to an activating group) is 1. The summed E-state index contributed by atoms with van der Waals surface area (Å²) in [5.74, 6) is -0.833. The summed E-state index contributed by atoms with van der Waals surface area (Å²) >= 11 is 0. The van der Waals surface area contributed by atoms with Crippen molar-refractivity contribution in [1.82, 2.24) is 10.2 Å². The third-order valence-electron chi connectivity index (χ3n) is 4.67. The van der Waals surface area contributed by atoms with Crippen LogP contribution < -0.4 is 10.2 Å². The Morgan fingerprint density at radius 1 is 1.04 bits per heavy atom. The van der Waals surface area contributed by atoms with E-state index in [1.54, 1.807) is 0 Å². The van der Waals surface area contributed by atoms with Crippen LogP contribution in [0.4, 0.5) is 5.69 Å². The molecule has 1 aromatic rings. The van der Waals surface area contributed by atoms with Crippen LogP contribution in [0.1, 0.15) is 43.0 Å². The van der Waals surface area contributed by atoms with Gasteiger partial charge in [0, 0.05) is 50.4 Å². The second kappa shape index (κ2) is 10.0. The lowest BCUT2D eigenvalue weighted by molar-refractivity contribution is -0.137. The Morgan fingerprint density at radius 2 is 1.72 bits per heavy atom. The highest BCUT2D eigenvalue weighted by Crippen LogP contribution is 2.17. The maximum atomic E-state index is 12.1. The standard InChI is InChI=1S/C19H29N3O3/c1-2-21-12-14-22(15-13-21)17-9-7-16(8-10-17)19(25)20-11-5-3-4-6-18(23)24/h7-10H,2-6,11-15H2,1H3,(H,20,25)(H,23,24). The van der Waals surface area contributed by atoms with Gasteiger partial charge in [0.05, 0.1) is 0 Å². The maximum Gasteiger partial charge on any atom is 0.303 e. The predicted molar refractivity (Wildman–Crippen MR) is 99.2 cm³/mol. The molecule has 1 aromatic carbocycles. The molecule has 0 radical (unpaired) electrons. The minimum atomic E-state index is -0.764. The molecule has 1 fully saturated rings. The quantitative estimate of drug-likeness (QED) is 0.670. The third kappa shape index (κ3) is 6.38. The van der Waals surface area contributed by atoms with Gasteiger partial charge >= 0.3 is 5.97 Å². The van der Waals surface area contributed by atoms with Gasteiger partial charge in [-0.15, -0.1) is 0 Å². The molecule has 25 heavy (non-hydrogen) atoms. The van der Waals surface area contributed by atoms with Crippen molar-refractivity contribution in [2.75, 3.05) is 44.2 Å². The van der Waals surface area contributed by atoms with Crippen LogP contribution in [0, 0.1) is 0 Å². The van der Waals surface area contributed by atoms with Crippen LogP contribution in [0.25, 0.3) is 0 Å². The van der Waals surface area contributed by atoms with Crippen molar-refractivity contribution >= 4 is 17.6 Å². The van der Waals surface area contributed by atoms with Gasteiger partial charge in [0.1, 0.15) is 0 Å². The molecule has 0 bridgehead atoms. The van der Waals surface area contributed by atoms with Crippen molar-refractivity contribution in [2.45, 2.75) is 32.6 Å². The van der Waals surface area contributed by atoms with Gasteiger partial charge in [-0.2, -0.15) is 0 Å². The van der Waals surface area contributed by atoms with Crippen molar-refractivity contribution in [2.24, 2.45) is 0 Å². The number of hydrogen-bond donors (Lipinski definition) is 2. The summed E-state index contributed by atoms with van der Waals surface area (Å²) in [6, 6.07) is 7.79. The molecule has 0 atom stereocenters. The molecule has 2 rings (SSSR count). The lowest BCUT2D eigenvalue weighted by Crippen LogP contribution is -2.46. The molecule has 0 aliphatic carbocycles. The Morgan fingerprint density at radius 3 is 2.32 bits per heavy atom. The lowest BCUT2D eigenvalue weighted by atomic mass is 10.1. The van der Waals surface area contributed by atoms with Gasteiger partial charge in [-0.3, -0.25) is 9.59 Å². The van der Waals surface area contributed by atoms with Crippen LogP contribution in [0.15, 0.2) is 24.3 Å². The van der Waals surface area contributed by atoms with Gasteiger partial charge in [0.25, 0.3) is 5.91 Å². The Kier molecular flexibility index (Phi) is 7.73. The maximum absolute atomic E-state index is 12.1. The number of nitrogens with one attached hydrogen (secondary N) is 1. The van der Waals surface area contributed by atoms with Gasteiger partial charge in [-0.05, 0) is 43.7 Å². The molecule has 6 heteroatoms. The summed E-state index contributed by atoms with van der Waals surface area (Å²) in [5.41, 5.74) is 1.84. The molecule has 1 aliphatic heterocycles.